The number of ether oxygens (including phenoxy) is 3. The van der Waals surface area contributed by atoms with E-state index in [2.05, 4.69) is 4.74 Å². The Hall–Kier alpha value is -3.52. The van der Waals surface area contributed by atoms with E-state index < -0.39 is 0 Å². The Bertz CT molecular complexity index is 1150. The minimum Gasteiger partial charge on any atom is -0.507 e. The summed E-state index contributed by atoms with van der Waals surface area (Å²) >= 11 is 0. The molecule has 0 radical (unpaired) electrons. The van der Waals surface area contributed by atoms with Crippen molar-refractivity contribution in [3.63, 3.8) is 0 Å². The summed E-state index contributed by atoms with van der Waals surface area (Å²) in [7, 11) is 5.34. The fourth-order valence-corrected chi connectivity index (χ4v) is 3.37. The summed E-state index contributed by atoms with van der Waals surface area (Å²) in [6.07, 6.45) is 2.65. The van der Waals surface area contributed by atoms with Gasteiger partial charge in [0.2, 0.25) is 0 Å². The molecule has 3 rings (SSSR count). The van der Waals surface area contributed by atoms with Gasteiger partial charge in [-0.05, 0) is 57.6 Å². The zero-order valence-corrected chi connectivity index (χ0v) is 19.8. The number of methoxy groups -OCH3 is 1. The minimum atomic E-state index is -0.339. The number of hydrogen-bond donors (Lipinski definition) is 1. The quantitative estimate of drug-likeness (QED) is 0.311. The molecule has 2 aromatic carbocycles. The second kappa shape index (κ2) is 12.1. The van der Waals surface area contributed by atoms with Gasteiger partial charge in [-0.25, -0.2) is 0 Å². The lowest BCUT2D eigenvalue weighted by atomic mass is 10.1. The minimum absolute atomic E-state index is 0.109. The molecule has 0 atom stereocenters. The van der Waals surface area contributed by atoms with Crippen LogP contribution in [0.15, 0.2) is 51.7 Å². The van der Waals surface area contributed by atoms with Crippen molar-refractivity contribution < 1.29 is 28.5 Å². The molecule has 0 unspecified atom stereocenters. The number of aromatic hydroxyl groups is 1. The van der Waals surface area contributed by atoms with Crippen LogP contribution in [-0.2, 0) is 9.53 Å². The van der Waals surface area contributed by atoms with Gasteiger partial charge in [0.25, 0.3) is 0 Å². The summed E-state index contributed by atoms with van der Waals surface area (Å²) in [5, 5.41) is 10.5. The van der Waals surface area contributed by atoms with Gasteiger partial charge in [0.05, 0.1) is 13.7 Å². The summed E-state index contributed by atoms with van der Waals surface area (Å²) < 4.78 is 22.0. The first-order chi connectivity index (χ1) is 16.4. The average molecular weight is 470 g/mol. The number of hydrogen-bond acceptors (Lipinski definition) is 8. The normalized spacial score (nSPS) is 11.1. The summed E-state index contributed by atoms with van der Waals surface area (Å²) in [4.78, 5) is 25.8. The van der Waals surface area contributed by atoms with Crippen molar-refractivity contribution in [2.75, 3.05) is 41.0 Å². The molecule has 1 aromatic heterocycles. The lowest BCUT2D eigenvalue weighted by molar-refractivity contribution is -0.140. The summed E-state index contributed by atoms with van der Waals surface area (Å²) in [6.45, 7) is 1.79. The number of fused-ring (bicyclic) bond motifs is 1. The monoisotopic (exact) mass is 469 g/mol. The van der Waals surface area contributed by atoms with Crippen LogP contribution < -0.4 is 14.9 Å². The molecule has 34 heavy (non-hydrogen) atoms. The van der Waals surface area contributed by atoms with Crippen LogP contribution in [0.5, 0.6) is 17.2 Å². The van der Waals surface area contributed by atoms with Crippen LogP contribution in [0.1, 0.15) is 25.7 Å². The Morgan fingerprint density at radius 1 is 0.971 bits per heavy atom. The van der Waals surface area contributed by atoms with Gasteiger partial charge in [-0.1, -0.05) is 0 Å². The van der Waals surface area contributed by atoms with Gasteiger partial charge >= 0.3 is 5.97 Å². The third-order valence-electron chi connectivity index (χ3n) is 5.25. The van der Waals surface area contributed by atoms with Gasteiger partial charge < -0.3 is 28.6 Å². The molecule has 0 aliphatic carbocycles. The number of rotatable bonds is 12. The molecule has 0 aliphatic rings. The fraction of sp³-hybridized carbons (Fsp3) is 0.385. The summed E-state index contributed by atoms with van der Waals surface area (Å²) in [5.41, 5.74) is 0.624. The van der Waals surface area contributed by atoms with E-state index in [1.165, 1.54) is 19.2 Å². The molecule has 0 saturated carbocycles. The van der Waals surface area contributed by atoms with Crippen molar-refractivity contribution in [2.24, 2.45) is 0 Å². The molecule has 0 saturated heterocycles. The van der Waals surface area contributed by atoms with Gasteiger partial charge in [-0.2, -0.15) is 0 Å². The largest absolute Gasteiger partial charge is 0.507 e. The van der Waals surface area contributed by atoms with Crippen molar-refractivity contribution in [3.8, 4) is 28.6 Å². The summed E-state index contributed by atoms with van der Waals surface area (Å²) in [5.74, 6) is 1.11. The highest BCUT2D eigenvalue weighted by Crippen LogP contribution is 2.31. The Morgan fingerprint density at radius 3 is 2.41 bits per heavy atom. The number of nitrogens with zero attached hydrogens (tertiary/aromatic N) is 1. The number of esters is 1. The van der Waals surface area contributed by atoms with E-state index in [9.17, 15) is 14.7 Å². The second-order valence-electron chi connectivity index (χ2n) is 8.20. The maximum Gasteiger partial charge on any atom is 0.305 e. The van der Waals surface area contributed by atoms with Crippen molar-refractivity contribution in [1.29, 1.82) is 0 Å². The van der Waals surface area contributed by atoms with Crippen LogP contribution in [0, 0.1) is 0 Å². The van der Waals surface area contributed by atoms with Gasteiger partial charge in [0.15, 0.2) is 5.43 Å². The molecule has 0 amide bonds. The van der Waals surface area contributed by atoms with Crippen molar-refractivity contribution in [1.82, 2.24) is 4.90 Å². The molecule has 0 aliphatic heterocycles. The summed E-state index contributed by atoms with van der Waals surface area (Å²) in [6, 6.07) is 11.7. The topological polar surface area (TPSA) is 98.4 Å². The number of phenols is 1. The van der Waals surface area contributed by atoms with Crippen molar-refractivity contribution >= 4 is 16.9 Å². The van der Waals surface area contributed by atoms with Crippen molar-refractivity contribution in [2.45, 2.75) is 25.7 Å². The highest BCUT2D eigenvalue weighted by Gasteiger charge is 2.13. The van der Waals surface area contributed by atoms with E-state index in [1.807, 2.05) is 43.3 Å². The van der Waals surface area contributed by atoms with Crippen LogP contribution in [0.25, 0.3) is 22.3 Å². The number of carbonyl (C=O) groups is 1. The first-order valence-electron chi connectivity index (χ1n) is 11.3. The highest BCUT2D eigenvalue weighted by molar-refractivity contribution is 5.86. The maximum absolute atomic E-state index is 12.7. The number of benzene rings is 2. The van der Waals surface area contributed by atoms with Crippen LogP contribution in [0.4, 0.5) is 0 Å². The highest BCUT2D eigenvalue weighted by atomic mass is 16.5. The third kappa shape index (κ3) is 6.99. The molecule has 3 aromatic rings. The van der Waals surface area contributed by atoms with Gasteiger partial charge in [0, 0.05) is 36.7 Å². The van der Waals surface area contributed by atoms with Crippen LogP contribution >= 0.6 is 0 Å². The van der Waals surface area contributed by atoms with Gasteiger partial charge in [0.1, 0.15) is 40.6 Å². The lowest BCUT2D eigenvalue weighted by Crippen LogP contribution is -2.19. The smallest absolute Gasteiger partial charge is 0.305 e. The van der Waals surface area contributed by atoms with Crippen LogP contribution in [0.2, 0.25) is 0 Å². The van der Waals surface area contributed by atoms with E-state index >= 15 is 0 Å². The number of phenolic OH excluding ortho intramolecular Hbond substituents is 1. The molecular formula is C26H31NO7. The molecule has 8 heteroatoms. The molecule has 0 spiro atoms. The second-order valence-corrected chi connectivity index (χ2v) is 8.20. The van der Waals surface area contributed by atoms with Crippen molar-refractivity contribution in [3.05, 3.63) is 52.7 Å². The van der Waals surface area contributed by atoms with Gasteiger partial charge in [-0.15, -0.1) is 0 Å². The zero-order chi connectivity index (χ0) is 24.5. The van der Waals surface area contributed by atoms with E-state index in [1.54, 1.807) is 6.07 Å². The number of likely N-dealkylation sites (N-methyl/N-ethyl adjacent to an activating group) is 1. The molecule has 1 N–H and O–H groups in total. The first kappa shape index (κ1) is 25.1. The molecule has 8 nitrogen and oxygen atoms in total. The fourth-order valence-electron chi connectivity index (χ4n) is 3.37. The molecule has 0 fully saturated rings. The third-order valence-corrected chi connectivity index (χ3v) is 5.25. The predicted molar refractivity (Wildman–Crippen MR) is 130 cm³/mol. The van der Waals surface area contributed by atoms with Crippen LogP contribution in [-0.4, -0.2) is 56.9 Å². The molecule has 182 valence electrons. The maximum atomic E-state index is 12.7. The van der Waals surface area contributed by atoms with Crippen LogP contribution in [0.3, 0.4) is 0 Å². The Morgan fingerprint density at radius 2 is 1.71 bits per heavy atom. The SMILES string of the molecule is COC(=O)CCCCCOc1cc(O)c2c(=O)cc(-c3ccc(OCCN(C)C)cc3)oc2c1. The number of unbranched alkanes of at least 4 members (excludes halogenated alkanes) is 2. The zero-order valence-electron chi connectivity index (χ0n) is 19.8. The number of carbonyl (C=O) groups excluding carboxylic acids is 1. The standard InChI is InChI=1S/C26H31NO7/c1-27(2)12-14-33-19-10-8-18(9-11-19)23-17-22(29)26-21(28)15-20(16-24(26)34-23)32-13-6-4-5-7-25(30)31-3/h8-11,15-17,28H,4-7,12-14H2,1-3H3. The molecular weight excluding hydrogens is 438 g/mol. The van der Waals surface area contributed by atoms with E-state index in [-0.39, 0.29) is 28.1 Å². The Balaban J connectivity index is 1.69. The molecule has 0 bridgehead atoms. The Kier molecular flexibility index (Phi) is 8.93. The molecule has 1 heterocycles. The first-order valence-corrected chi connectivity index (χ1v) is 11.3. The van der Waals surface area contributed by atoms with E-state index in [4.69, 9.17) is 13.9 Å². The van der Waals surface area contributed by atoms with Gasteiger partial charge in [-0.3, -0.25) is 9.59 Å². The lowest BCUT2D eigenvalue weighted by Gasteiger charge is -2.11. The Labute approximate surface area is 198 Å². The van der Waals surface area contributed by atoms with E-state index in [0.717, 1.165) is 37.1 Å². The average Bonchev–Trinajstić information content (AvgIpc) is 2.80. The predicted octanol–water partition coefficient (Wildman–Crippen LogP) is 4.22. The van der Waals surface area contributed by atoms with E-state index in [0.29, 0.717) is 31.1 Å².